The van der Waals surface area contributed by atoms with Crippen LogP contribution >= 0.6 is 11.8 Å². The van der Waals surface area contributed by atoms with Gasteiger partial charge in [0, 0.05) is 36.1 Å². The number of aromatic amines is 1. The first-order valence-electron chi connectivity index (χ1n) is 6.29. The quantitative estimate of drug-likeness (QED) is 0.810. The minimum absolute atomic E-state index is 0.106. The number of rotatable bonds is 4. The number of aromatic nitrogens is 1. The highest BCUT2D eigenvalue weighted by atomic mass is 32.2. The normalized spacial score (nSPS) is 21.3. The number of nitrogens with zero attached hydrogens (tertiary/aromatic N) is 1. The molecule has 0 amide bonds. The van der Waals surface area contributed by atoms with Gasteiger partial charge in [0.1, 0.15) is 5.37 Å². The van der Waals surface area contributed by atoms with Crippen LogP contribution < -0.4 is 5.56 Å². The van der Waals surface area contributed by atoms with E-state index in [0.717, 1.165) is 16.6 Å². The maximum absolute atomic E-state index is 12.6. The number of thioether (sulfide) groups is 1. The minimum atomic E-state index is -3.95. The van der Waals surface area contributed by atoms with Crippen molar-refractivity contribution < 1.29 is 16.8 Å². The Labute approximate surface area is 127 Å². The third-order valence-electron chi connectivity index (χ3n) is 3.22. The van der Waals surface area contributed by atoms with Crippen LogP contribution in [0, 0.1) is 0 Å². The molecule has 1 unspecified atom stereocenters. The van der Waals surface area contributed by atoms with E-state index in [4.69, 9.17) is 0 Å². The van der Waals surface area contributed by atoms with Gasteiger partial charge >= 0.3 is 0 Å². The largest absolute Gasteiger partial charge is 0.328 e. The molecule has 2 heterocycles. The fourth-order valence-corrected chi connectivity index (χ4v) is 7.23. The van der Waals surface area contributed by atoms with E-state index >= 15 is 0 Å². The Morgan fingerprint density at radius 3 is 2.62 bits per heavy atom. The zero-order chi connectivity index (χ0) is 15.7. The smallest absolute Gasteiger partial charge is 0.247 e. The average molecular weight is 352 g/mol. The molecule has 1 aromatic rings. The van der Waals surface area contributed by atoms with Gasteiger partial charge in [0.2, 0.25) is 15.6 Å². The van der Waals surface area contributed by atoms with Crippen molar-refractivity contribution in [2.75, 3.05) is 23.8 Å². The predicted molar refractivity (Wildman–Crippen MR) is 81.5 cm³/mol. The Bertz CT molecular complexity index is 749. The summed E-state index contributed by atoms with van der Waals surface area (Å²) in [6.45, 7) is 1.63. The van der Waals surface area contributed by atoms with Gasteiger partial charge in [-0.15, -0.1) is 0 Å². The van der Waals surface area contributed by atoms with Gasteiger partial charge < -0.3 is 4.98 Å². The van der Waals surface area contributed by atoms with Gasteiger partial charge in [0.25, 0.3) is 0 Å². The lowest BCUT2D eigenvalue weighted by Gasteiger charge is -2.33. The summed E-state index contributed by atoms with van der Waals surface area (Å²) in [4.78, 5) is 13.2. The molecule has 0 radical (unpaired) electrons. The van der Waals surface area contributed by atoms with Crippen molar-refractivity contribution in [2.45, 2.75) is 17.2 Å². The highest BCUT2D eigenvalue weighted by molar-refractivity contribution is 8.01. The third-order valence-corrected chi connectivity index (χ3v) is 8.54. The highest BCUT2D eigenvalue weighted by Crippen LogP contribution is 2.27. The maximum atomic E-state index is 12.6. The summed E-state index contributed by atoms with van der Waals surface area (Å²) in [5.41, 5.74) is -0.416. The van der Waals surface area contributed by atoms with Crippen LogP contribution in [0.15, 0.2) is 28.0 Å². The van der Waals surface area contributed by atoms with E-state index in [1.807, 2.05) is 0 Å². The molecular weight excluding hydrogens is 336 g/mol. The number of nitrogens with one attached hydrogen (secondary N) is 1. The minimum Gasteiger partial charge on any atom is -0.328 e. The molecule has 10 heteroatoms. The standard InChI is InChI=1S/C11H16N2O5S3/c1-2-20(15,16)11-8-19-6-5-13(11)21(17,18)9-3-4-10(14)12-7-9/h3-4,7,11H,2,5-6,8H2,1H3,(H,12,14). The second kappa shape index (κ2) is 6.11. The zero-order valence-electron chi connectivity index (χ0n) is 11.4. The van der Waals surface area contributed by atoms with E-state index in [1.165, 1.54) is 24.8 Å². The van der Waals surface area contributed by atoms with Crippen LogP contribution in [0.2, 0.25) is 0 Å². The van der Waals surface area contributed by atoms with Gasteiger partial charge in [-0.2, -0.15) is 16.1 Å². The topological polar surface area (TPSA) is 104 Å². The molecule has 1 fully saturated rings. The first kappa shape index (κ1) is 16.5. The number of sulfonamides is 1. The number of sulfone groups is 1. The fourth-order valence-electron chi connectivity index (χ4n) is 2.01. The molecule has 2 rings (SSSR count). The summed E-state index contributed by atoms with van der Waals surface area (Å²) in [6, 6.07) is 2.29. The third kappa shape index (κ3) is 3.33. The molecule has 0 saturated carbocycles. The Kier molecular flexibility index (Phi) is 4.81. The van der Waals surface area contributed by atoms with E-state index < -0.39 is 30.8 Å². The van der Waals surface area contributed by atoms with Gasteiger partial charge in [-0.05, 0) is 6.07 Å². The second-order valence-corrected chi connectivity index (χ2v) is 9.97. The summed E-state index contributed by atoms with van der Waals surface area (Å²) in [7, 11) is -7.47. The van der Waals surface area contributed by atoms with Crippen molar-refractivity contribution in [2.24, 2.45) is 0 Å². The van der Waals surface area contributed by atoms with E-state index in [0.29, 0.717) is 5.75 Å². The Balaban J connectivity index is 2.45. The van der Waals surface area contributed by atoms with Crippen LogP contribution in [-0.2, 0) is 19.9 Å². The van der Waals surface area contributed by atoms with Gasteiger partial charge in [-0.25, -0.2) is 16.8 Å². The monoisotopic (exact) mass is 352 g/mol. The van der Waals surface area contributed by atoms with Crippen LogP contribution in [0.25, 0.3) is 0 Å². The number of hydrogen-bond donors (Lipinski definition) is 1. The number of pyridine rings is 1. The average Bonchev–Trinajstić information content (AvgIpc) is 2.47. The fraction of sp³-hybridized carbons (Fsp3) is 0.545. The Hall–Kier alpha value is -0.840. The molecule has 1 aliphatic heterocycles. The SMILES string of the molecule is CCS(=O)(=O)C1CSCCN1S(=O)(=O)c1ccc(=O)[nH]c1. The van der Waals surface area contributed by atoms with Crippen molar-refractivity contribution in [3.05, 3.63) is 28.7 Å². The van der Waals surface area contributed by atoms with Crippen LogP contribution in [0.3, 0.4) is 0 Å². The molecule has 118 valence electrons. The maximum Gasteiger partial charge on any atom is 0.247 e. The molecule has 21 heavy (non-hydrogen) atoms. The molecule has 1 N–H and O–H groups in total. The first-order valence-corrected chi connectivity index (χ1v) is 10.6. The molecule has 1 saturated heterocycles. The first-order chi connectivity index (χ1) is 9.79. The van der Waals surface area contributed by atoms with E-state index in [9.17, 15) is 21.6 Å². The van der Waals surface area contributed by atoms with Crippen molar-refractivity contribution in [3.8, 4) is 0 Å². The molecule has 0 bridgehead atoms. The van der Waals surface area contributed by atoms with Crippen molar-refractivity contribution in [1.29, 1.82) is 0 Å². The summed E-state index contributed by atoms with van der Waals surface area (Å²) in [6.07, 6.45) is 1.09. The zero-order valence-corrected chi connectivity index (χ0v) is 13.8. The Morgan fingerprint density at radius 2 is 2.05 bits per heavy atom. The lowest BCUT2D eigenvalue weighted by atomic mass is 10.5. The molecular formula is C11H16N2O5S3. The van der Waals surface area contributed by atoms with Gasteiger partial charge in [0.15, 0.2) is 9.84 Å². The van der Waals surface area contributed by atoms with E-state index in [2.05, 4.69) is 4.98 Å². The molecule has 0 aromatic carbocycles. The van der Waals surface area contributed by atoms with Crippen LogP contribution in [0.1, 0.15) is 6.92 Å². The van der Waals surface area contributed by atoms with Crippen LogP contribution in [0.5, 0.6) is 0 Å². The number of H-pyrrole nitrogens is 1. The van der Waals surface area contributed by atoms with Gasteiger partial charge in [-0.1, -0.05) is 6.92 Å². The van der Waals surface area contributed by atoms with Gasteiger partial charge in [-0.3, -0.25) is 4.79 Å². The summed E-state index contributed by atoms with van der Waals surface area (Å²) < 4.78 is 50.5. The van der Waals surface area contributed by atoms with Crippen LogP contribution in [-0.4, -0.2) is 55.3 Å². The predicted octanol–water partition coefficient (Wildman–Crippen LogP) is -0.127. The summed E-state index contributed by atoms with van der Waals surface area (Å²) >= 11 is 1.42. The highest BCUT2D eigenvalue weighted by Gasteiger charge is 2.40. The molecule has 1 aromatic heterocycles. The van der Waals surface area contributed by atoms with Crippen molar-refractivity contribution in [1.82, 2.24) is 9.29 Å². The van der Waals surface area contributed by atoms with Gasteiger partial charge in [0.05, 0.1) is 4.90 Å². The lowest BCUT2D eigenvalue weighted by molar-refractivity contribution is 0.403. The summed E-state index contributed by atoms with van der Waals surface area (Å²) in [5, 5.41) is -1.06. The van der Waals surface area contributed by atoms with E-state index in [1.54, 1.807) is 0 Å². The molecule has 1 atom stereocenters. The van der Waals surface area contributed by atoms with E-state index in [-0.39, 0.29) is 22.9 Å². The number of hydrogen-bond acceptors (Lipinski definition) is 6. The molecule has 1 aliphatic rings. The van der Waals surface area contributed by atoms with Crippen molar-refractivity contribution in [3.63, 3.8) is 0 Å². The lowest BCUT2D eigenvalue weighted by Crippen LogP contribution is -2.50. The molecule has 0 aliphatic carbocycles. The molecule has 0 spiro atoms. The summed E-state index contributed by atoms with van der Waals surface area (Å²) in [5.74, 6) is 0.646. The van der Waals surface area contributed by atoms with Crippen molar-refractivity contribution >= 4 is 31.6 Å². The molecule has 7 nitrogen and oxygen atoms in total. The van der Waals surface area contributed by atoms with Crippen LogP contribution in [0.4, 0.5) is 0 Å². The Morgan fingerprint density at radius 1 is 1.33 bits per heavy atom. The second-order valence-electron chi connectivity index (χ2n) is 4.49.